The SMILES string of the molecule is CCN(CC1CC1)S(=O)(=O)c1cc(CCl)n(C)c1. The van der Waals surface area contributed by atoms with Gasteiger partial charge in [-0.3, -0.25) is 0 Å². The Kier molecular flexibility index (Phi) is 4.04. The first-order valence-corrected chi connectivity index (χ1v) is 8.17. The molecule has 0 amide bonds. The second-order valence-electron chi connectivity index (χ2n) is 4.81. The van der Waals surface area contributed by atoms with Crippen LogP contribution in [0.2, 0.25) is 0 Å². The van der Waals surface area contributed by atoms with Gasteiger partial charge in [-0.15, -0.1) is 11.6 Å². The van der Waals surface area contributed by atoms with Crippen LogP contribution in [0.4, 0.5) is 0 Å². The maximum atomic E-state index is 12.5. The van der Waals surface area contributed by atoms with E-state index < -0.39 is 10.0 Å². The van der Waals surface area contributed by atoms with Gasteiger partial charge in [0, 0.05) is 32.0 Å². The Bertz CT molecular complexity index is 520. The van der Waals surface area contributed by atoms with E-state index in [0.29, 0.717) is 29.8 Å². The first kappa shape index (κ1) is 13.9. The van der Waals surface area contributed by atoms with Gasteiger partial charge in [0.05, 0.1) is 5.88 Å². The van der Waals surface area contributed by atoms with E-state index in [9.17, 15) is 8.42 Å². The molecule has 4 nitrogen and oxygen atoms in total. The minimum Gasteiger partial charge on any atom is -0.352 e. The van der Waals surface area contributed by atoms with Gasteiger partial charge in [0.1, 0.15) is 4.90 Å². The molecule has 0 N–H and O–H groups in total. The highest BCUT2D eigenvalue weighted by atomic mass is 35.5. The van der Waals surface area contributed by atoms with Crippen molar-refractivity contribution in [3.63, 3.8) is 0 Å². The van der Waals surface area contributed by atoms with Gasteiger partial charge in [-0.25, -0.2) is 8.42 Å². The van der Waals surface area contributed by atoms with Crippen LogP contribution in [0.15, 0.2) is 17.2 Å². The Morgan fingerprint density at radius 1 is 1.50 bits per heavy atom. The average Bonchev–Trinajstić information content (AvgIpc) is 3.07. The van der Waals surface area contributed by atoms with Gasteiger partial charge < -0.3 is 4.57 Å². The summed E-state index contributed by atoms with van der Waals surface area (Å²) in [4.78, 5) is 0.350. The minimum absolute atomic E-state index is 0.320. The Labute approximate surface area is 114 Å². The summed E-state index contributed by atoms with van der Waals surface area (Å²) in [6, 6.07) is 1.66. The molecule has 1 aromatic rings. The highest BCUT2D eigenvalue weighted by Gasteiger charge is 2.31. The molecule has 0 aromatic carbocycles. The van der Waals surface area contributed by atoms with Crippen molar-refractivity contribution < 1.29 is 8.42 Å². The Balaban J connectivity index is 2.26. The van der Waals surface area contributed by atoms with Crippen LogP contribution in [0.3, 0.4) is 0 Å². The van der Waals surface area contributed by atoms with Gasteiger partial charge in [-0.05, 0) is 24.8 Å². The maximum absolute atomic E-state index is 12.5. The van der Waals surface area contributed by atoms with Crippen molar-refractivity contribution in [3.05, 3.63) is 18.0 Å². The molecular weight excluding hydrogens is 272 g/mol. The first-order chi connectivity index (χ1) is 8.48. The summed E-state index contributed by atoms with van der Waals surface area (Å²) >= 11 is 5.77. The van der Waals surface area contributed by atoms with Crippen LogP contribution in [-0.4, -0.2) is 30.4 Å². The fourth-order valence-electron chi connectivity index (χ4n) is 1.99. The lowest BCUT2D eigenvalue weighted by atomic mass is 10.4. The molecule has 1 fully saturated rings. The monoisotopic (exact) mass is 290 g/mol. The van der Waals surface area contributed by atoms with Gasteiger partial charge in [-0.1, -0.05) is 6.92 Å². The normalized spacial score (nSPS) is 16.4. The summed E-state index contributed by atoms with van der Waals surface area (Å²) < 4.78 is 28.3. The van der Waals surface area contributed by atoms with Crippen LogP contribution in [0.25, 0.3) is 0 Å². The van der Waals surface area contributed by atoms with Crippen LogP contribution in [-0.2, 0) is 23.0 Å². The summed E-state index contributed by atoms with van der Waals surface area (Å²) in [6.07, 6.45) is 3.93. The molecular formula is C12H19ClN2O2S. The van der Waals surface area contributed by atoms with Crippen LogP contribution in [0.5, 0.6) is 0 Å². The van der Waals surface area contributed by atoms with E-state index in [1.165, 1.54) is 0 Å². The Hall–Kier alpha value is -0.520. The van der Waals surface area contributed by atoms with Gasteiger partial charge >= 0.3 is 0 Å². The molecule has 18 heavy (non-hydrogen) atoms. The second kappa shape index (κ2) is 5.23. The number of nitrogens with zero attached hydrogens (tertiary/aromatic N) is 2. The average molecular weight is 291 g/mol. The summed E-state index contributed by atoms with van der Waals surface area (Å²) in [6.45, 7) is 3.04. The Morgan fingerprint density at radius 2 is 2.17 bits per heavy atom. The zero-order chi connectivity index (χ0) is 13.3. The lowest BCUT2D eigenvalue weighted by Crippen LogP contribution is -2.32. The van der Waals surface area contributed by atoms with Gasteiger partial charge in [0.15, 0.2) is 0 Å². The number of rotatable bonds is 6. The van der Waals surface area contributed by atoms with E-state index in [2.05, 4.69) is 0 Å². The zero-order valence-electron chi connectivity index (χ0n) is 10.8. The van der Waals surface area contributed by atoms with Crippen LogP contribution in [0, 0.1) is 5.92 Å². The van der Waals surface area contributed by atoms with Crippen LogP contribution < -0.4 is 0 Å². The smallest absolute Gasteiger partial charge is 0.244 e. The van der Waals surface area contributed by atoms with E-state index in [0.717, 1.165) is 18.5 Å². The van der Waals surface area contributed by atoms with Crippen molar-refractivity contribution >= 4 is 21.6 Å². The lowest BCUT2D eigenvalue weighted by Gasteiger charge is -2.19. The first-order valence-electron chi connectivity index (χ1n) is 6.20. The molecule has 0 spiro atoms. The van der Waals surface area contributed by atoms with Gasteiger partial charge in [0.25, 0.3) is 0 Å². The highest BCUT2D eigenvalue weighted by Crippen LogP contribution is 2.31. The maximum Gasteiger partial charge on any atom is 0.244 e. The molecule has 0 atom stereocenters. The van der Waals surface area contributed by atoms with Crippen LogP contribution in [0.1, 0.15) is 25.5 Å². The molecule has 0 unspecified atom stereocenters. The number of halogens is 1. The third-order valence-electron chi connectivity index (χ3n) is 3.37. The van der Waals surface area contributed by atoms with Crippen molar-refractivity contribution in [2.45, 2.75) is 30.5 Å². The number of hydrogen-bond acceptors (Lipinski definition) is 2. The largest absolute Gasteiger partial charge is 0.352 e. The quantitative estimate of drug-likeness (QED) is 0.754. The fraction of sp³-hybridized carbons (Fsp3) is 0.667. The molecule has 6 heteroatoms. The minimum atomic E-state index is -3.36. The molecule has 1 aliphatic rings. The molecule has 1 aromatic heterocycles. The third kappa shape index (κ3) is 2.73. The molecule has 1 heterocycles. The van der Waals surface area contributed by atoms with Crippen LogP contribution >= 0.6 is 11.6 Å². The summed E-state index contributed by atoms with van der Waals surface area (Å²) in [5, 5.41) is 0. The molecule has 0 saturated heterocycles. The second-order valence-corrected chi connectivity index (χ2v) is 7.02. The number of aryl methyl sites for hydroxylation is 1. The van der Waals surface area contributed by atoms with Crippen molar-refractivity contribution in [1.82, 2.24) is 8.87 Å². The number of alkyl halides is 1. The topological polar surface area (TPSA) is 42.3 Å². The molecule has 0 radical (unpaired) electrons. The predicted octanol–water partition coefficient (Wildman–Crippen LogP) is 2.18. The van der Waals surface area contributed by atoms with Crippen molar-refractivity contribution in [2.75, 3.05) is 13.1 Å². The molecule has 1 aliphatic carbocycles. The molecule has 0 aliphatic heterocycles. The van der Waals surface area contributed by atoms with Crippen molar-refractivity contribution in [3.8, 4) is 0 Å². The molecule has 1 saturated carbocycles. The third-order valence-corrected chi connectivity index (χ3v) is 5.55. The zero-order valence-corrected chi connectivity index (χ0v) is 12.3. The number of hydrogen-bond donors (Lipinski definition) is 0. The number of aromatic nitrogens is 1. The molecule has 2 rings (SSSR count). The van der Waals surface area contributed by atoms with Crippen molar-refractivity contribution in [1.29, 1.82) is 0 Å². The van der Waals surface area contributed by atoms with E-state index >= 15 is 0 Å². The lowest BCUT2D eigenvalue weighted by molar-refractivity contribution is 0.412. The van der Waals surface area contributed by atoms with Gasteiger partial charge in [-0.2, -0.15) is 4.31 Å². The summed E-state index contributed by atoms with van der Waals surface area (Å²) in [7, 11) is -1.55. The summed E-state index contributed by atoms with van der Waals surface area (Å²) in [5.41, 5.74) is 0.817. The Morgan fingerprint density at radius 3 is 2.61 bits per heavy atom. The van der Waals surface area contributed by atoms with E-state index in [-0.39, 0.29) is 0 Å². The van der Waals surface area contributed by atoms with E-state index in [4.69, 9.17) is 11.6 Å². The van der Waals surface area contributed by atoms with E-state index in [1.807, 2.05) is 14.0 Å². The molecule has 0 bridgehead atoms. The van der Waals surface area contributed by atoms with Crippen molar-refractivity contribution in [2.24, 2.45) is 13.0 Å². The number of sulfonamides is 1. The highest BCUT2D eigenvalue weighted by molar-refractivity contribution is 7.89. The predicted molar refractivity (Wildman–Crippen MR) is 72.1 cm³/mol. The molecule has 102 valence electrons. The van der Waals surface area contributed by atoms with E-state index in [1.54, 1.807) is 21.1 Å². The summed E-state index contributed by atoms with van der Waals surface area (Å²) in [5.74, 6) is 0.872. The van der Waals surface area contributed by atoms with Gasteiger partial charge in [0.2, 0.25) is 10.0 Å². The standard InChI is InChI=1S/C12H19ClN2O2S/c1-3-15(8-10-4-5-10)18(16,17)12-6-11(7-13)14(2)9-12/h6,9-10H,3-5,7-8H2,1-2H3. The fourth-order valence-corrected chi connectivity index (χ4v) is 3.87.